The highest BCUT2D eigenvalue weighted by atomic mass is 16.5. The molecule has 0 radical (unpaired) electrons. The minimum atomic E-state index is -0.265. The molecule has 0 bridgehead atoms. The van der Waals surface area contributed by atoms with Crippen molar-refractivity contribution >= 4 is 5.97 Å². The van der Waals surface area contributed by atoms with E-state index in [9.17, 15) is 4.79 Å². The van der Waals surface area contributed by atoms with Gasteiger partial charge in [0, 0.05) is 12.6 Å². The minimum Gasteiger partial charge on any atom is -0.465 e. The number of rotatable bonds is 8. The van der Waals surface area contributed by atoms with Crippen LogP contribution in [0.3, 0.4) is 0 Å². The molecule has 4 heteroatoms. The number of esters is 1. The third-order valence-corrected chi connectivity index (χ3v) is 2.64. The Kier molecular flexibility index (Phi) is 8.21. The first kappa shape index (κ1) is 15.4. The molecule has 0 aliphatic rings. The standard InChI is InChI=1S/C12H25NO3/c1-5-10(12(15)16-6-2)13-11(7-8-14)9(3)4/h9-11,13-14H,5-8H2,1-4H3. The molecular formula is C12H25NO3. The van der Waals surface area contributed by atoms with Crippen molar-refractivity contribution in [2.24, 2.45) is 5.92 Å². The van der Waals surface area contributed by atoms with E-state index in [1.165, 1.54) is 0 Å². The summed E-state index contributed by atoms with van der Waals surface area (Å²) in [6, 6.07) is -0.113. The summed E-state index contributed by atoms with van der Waals surface area (Å²) in [5, 5.41) is 12.2. The van der Waals surface area contributed by atoms with Crippen LogP contribution < -0.4 is 5.32 Å². The van der Waals surface area contributed by atoms with Crippen LogP contribution in [-0.2, 0) is 9.53 Å². The van der Waals surface area contributed by atoms with Crippen LogP contribution in [0.2, 0.25) is 0 Å². The summed E-state index contributed by atoms with van der Waals surface area (Å²) in [5.74, 6) is 0.184. The maximum absolute atomic E-state index is 11.6. The predicted octanol–water partition coefficient (Wildman–Crippen LogP) is 1.32. The first-order valence-electron chi connectivity index (χ1n) is 6.10. The van der Waals surface area contributed by atoms with Gasteiger partial charge < -0.3 is 15.2 Å². The average molecular weight is 231 g/mol. The van der Waals surface area contributed by atoms with Gasteiger partial charge in [0.05, 0.1) is 6.61 Å². The van der Waals surface area contributed by atoms with Crippen LogP contribution in [0.15, 0.2) is 0 Å². The normalized spacial score (nSPS) is 14.9. The number of ether oxygens (including phenoxy) is 1. The molecule has 4 nitrogen and oxygen atoms in total. The van der Waals surface area contributed by atoms with Crippen molar-refractivity contribution in [3.8, 4) is 0 Å². The van der Waals surface area contributed by atoms with Gasteiger partial charge in [-0.25, -0.2) is 0 Å². The number of aliphatic hydroxyl groups is 1. The molecule has 0 fully saturated rings. The van der Waals surface area contributed by atoms with E-state index in [2.05, 4.69) is 19.2 Å². The Bertz CT molecular complexity index is 195. The van der Waals surface area contributed by atoms with Crippen molar-refractivity contribution in [2.75, 3.05) is 13.2 Å². The fourth-order valence-electron chi connectivity index (χ4n) is 1.60. The molecule has 16 heavy (non-hydrogen) atoms. The summed E-state index contributed by atoms with van der Waals surface area (Å²) in [7, 11) is 0. The van der Waals surface area contributed by atoms with Crippen LogP contribution in [0.5, 0.6) is 0 Å². The molecule has 2 unspecified atom stereocenters. The first-order chi connectivity index (χ1) is 7.56. The molecule has 96 valence electrons. The highest BCUT2D eigenvalue weighted by Crippen LogP contribution is 2.08. The number of aliphatic hydroxyl groups excluding tert-OH is 1. The largest absolute Gasteiger partial charge is 0.465 e. The summed E-state index contributed by atoms with van der Waals surface area (Å²) in [5.41, 5.74) is 0. The molecule has 2 atom stereocenters. The van der Waals surface area contributed by atoms with Gasteiger partial charge >= 0.3 is 5.97 Å². The first-order valence-corrected chi connectivity index (χ1v) is 6.10. The van der Waals surface area contributed by atoms with Gasteiger partial charge in [0.15, 0.2) is 0 Å². The molecule has 2 N–H and O–H groups in total. The molecule has 0 aromatic carbocycles. The average Bonchev–Trinajstić information content (AvgIpc) is 2.24. The Morgan fingerprint density at radius 2 is 2.00 bits per heavy atom. The van der Waals surface area contributed by atoms with E-state index in [4.69, 9.17) is 9.84 Å². The van der Waals surface area contributed by atoms with E-state index in [0.717, 1.165) is 0 Å². The maximum Gasteiger partial charge on any atom is 0.323 e. The van der Waals surface area contributed by atoms with E-state index >= 15 is 0 Å². The zero-order valence-corrected chi connectivity index (χ0v) is 10.8. The van der Waals surface area contributed by atoms with Crippen LogP contribution >= 0.6 is 0 Å². The van der Waals surface area contributed by atoms with Crippen molar-refractivity contribution < 1.29 is 14.6 Å². The lowest BCUT2D eigenvalue weighted by Crippen LogP contribution is -2.46. The van der Waals surface area contributed by atoms with Crippen molar-refractivity contribution in [3.05, 3.63) is 0 Å². The number of hydrogen-bond acceptors (Lipinski definition) is 4. The summed E-state index contributed by atoms with van der Waals surface area (Å²) in [4.78, 5) is 11.6. The number of hydrogen-bond donors (Lipinski definition) is 2. The lowest BCUT2D eigenvalue weighted by molar-refractivity contribution is -0.146. The van der Waals surface area contributed by atoms with Crippen LogP contribution in [0.25, 0.3) is 0 Å². The highest BCUT2D eigenvalue weighted by Gasteiger charge is 2.22. The summed E-state index contributed by atoms with van der Waals surface area (Å²) in [6.07, 6.45) is 1.36. The van der Waals surface area contributed by atoms with E-state index in [-0.39, 0.29) is 24.7 Å². The van der Waals surface area contributed by atoms with Gasteiger partial charge in [-0.15, -0.1) is 0 Å². The van der Waals surface area contributed by atoms with E-state index < -0.39 is 0 Å². The molecular weight excluding hydrogens is 206 g/mol. The SMILES string of the molecule is CCOC(=O)C(CC)NC(CCO)C(C)C. The van der Waals surface area contributed by atoms with Gasteiger partial charge in [0.2, 0.25) is 0 Å². The lowest BCUT2D eigenvalue weighted by atomic mass is 10.00. The molecule has 0 aliphatic heterocycles. The Hall–Kier alpha value is -0.610. The van der Waals surface area contributed by atoms with Gasteiger partial charge in [0.25, 0.3) is 0 Å². The Morgan fingerprint density at radius 1 is 1.38 bits per heavy atom. The molecule has 0 heterocycles. The van der Waals surface area contributed by atoms with Crippen LogP contribution in [0.4, 0.5) is 0 Å². The van der Waals surface area contributed by atoms with Crippen LogP contribution in [0.1, 0.15) is 40.5 Å². The van der Waals surface area contributed by atoms with E-state index in [0.29, 0.717) is 25.4 Å². The van der Waals surface area contributed by atoms with Crippen molar-refractivity contribution in [2.45, 2.75) is 52.6 Å². The second kappa shape index (κ2) is 8.53. The summed E-state index contributed by atoms with van der Waals surface area (Å²) < 4.78 is 4.99. The number of carbonyl (C=O) groups is 1. The fraction of sp³-hybridized carbons (Fsp3) is 0.917. The van der Waals surface area contributed by atoms with E-state index in [1.807, 2.05) is 6.92 Å². The number of carbonyl (C=O) groups excluding carboxylic acids is 1. The lowest BCUT2D eigenvalue weighted by Gasteiger charge is -2.26. The molecule has 0 aromatic heterocycles. The molecule has 0 rings (SSSR count). The Morgan fingerprint density at radius 3 is 2.38 bits per heavy atom. The molecule has 0 amide bonds. The monoisotopic (exact) mass is 231 g/mol. The topological polar surface area (TPSA) is 58.6 Å². The van der Waals surface area contributed by atoms with Crippen LogP contribution in [0, 0.1) is 5.92 Å². The van der Waals surface area contributed by atoms with Gasteiger partial charge in [-0.3, -0.25) is 4.79 Å². The van der Waals surface area contributed by atoms with Gasteiger partial charge in [-0.05, 0) is 25.7 Å². The molecule has 0 spiro atoms. The fourth-order valence-corrected chi connectivity index (χ4v) is 1.60. The van der Waals surface area contributed by atoms with Crippen LogP contribution in [-0.4, -0.2) is 36.4 Å². The van der Waals surface area contributed by atoms with Gasteiger partial charge in [0.1, 0.15) is 6.04 Å². The zero-order chi connectivity index (χ0) is 12.6. The summed E-state index contributed by atoms with van der Waals surface area (Å²) in [6.45, 7) is 8.44. The minimum absolute atomic E-state index is 0.134. The maximum atomic E-state index is 11.6. The van der Waals surface area contributed by atoms with Crippen molar-refractivity contribution in [1.29, 1.82) is 0 Å². The van der Waals surface area contributed by atoms with E-state index in [1.54, 1.807) is 6.92 Å². The van der Waals surface area contributed by atoms with Gasteiger partial charge in [-0.1, -0.05) is 20.8 Å². The second-order valence-electron chi connectivity index (χ2n) is 4.24. The second-order valence-corrected chi connectivity index (χ2v) is 4.24. The van der Waals surface area contributed by atoms with Gasteiger partial charge in [-0.2, -0.15) is 0 Å². The smallest absolute Gasteiger partial charge is 0.323 e. The molecule has 0 aliphatic carbocycles. The quantitative estimate of drug-likeness (QED) is 0.619. The third kappa shape index (κ3) is 5.47. The highest BCUT2D eigenvalue weighted by molar-refractivity contribution is 5.75. The molecule has 0 saturated carbocycles. The van der Waals surface area contributed by atoms with Crippen molar-refractivity contribution in [1.82, 2.24) is 5.32 Å². The Balaban J connectivity index is 4.30. The summed E-state index contributed by atoms with van der Waals surface area (Å²) >= 11 is 0. The Labute approximate surface area is 98.4 Å². The molecule has 0 aromatic rings. The number of nitrogens with one attached hydrogen (secondary N) is 1. The zero-order valence-electron chi connectivity index (χ0n) is 10.8. The molecule has 0 saturated heterocycles. The predicted molar refractivity (Wildman–Crippen MR) is 64.2 cm³/mol. The third-order valence-electron chi connectivity index (χ3n) is 2.64. The van der Waals surface area contributed by atoms with Crippen molar-refractivity contribution in [3.63, 3.8) is 0 Å².